The molecule has 1 aromatic rings. The van der Waals surface area contributed by atoms with Gasteiger partial charge in [-0.3, -0.25) is 0 Å². The van der Waals surface area contributed by atoms with E-state index in [-0.39, 0.29) is 58.9 Å². The molecule has 61 heavy (non-hydrogen) atoms. The Morgan fingerprint density at radius 2 is 1.67 bits per heavy atom. The summed E-state index contributed by atoms with van der Waals surface area (Å²) in [7, 11) is -2.77. The van der Waals surface area contributed by atoms with Crippen LogP contribution >= 0.6 is 0 Å². The molecule has 4 rings (SSSR count). The molecule has 1 N–H and O–H groups in total. The molecule has 0 amide bonds. The lowest BCUT2D eigenvalue weighted by Crippen LogP contribution is -2.47. The molecule has 1 aromatic carbocycles. The highest BCUT2D eigenvalue weighted by molar-refractivity contribution is 6.74. The van der Waals surface area contributed by atoms with E-state index in [1.807, 2.05) is 18.2 Å². The lowest BCUT2D eigenvalue weighted by atomic mass is 9.91. The molecule has 0 unspecified atom stereocenters. The molecular formula is C50H78O9Si2. The number of epoxide rings is 1. The van der Waals surface area contributed by atoms with Crippen molar-refractivity contribution in [1.29, 1.82) is 0 Å². The topological polar surface area (TPSA) is 105 Å². The minimum Gasteiger partial charge on any atom is -0.497 e. The van der Waals surface area contributed by atoms with Crippen molar-refractivity contribution < 1.29 is 42.4 Å². The maximum Gasteiger partial charge on any atom is 0.381 e. The van der Waals surface area contributed by atoms with Crippen molar-refractivity contribution in [3.63, 3.8) is 0 Å². The van der Waals surface area contributed by atoms with E-state index in [4.69, 9.17) is 37.6 Å². The Morgan fingerprint density at radius 1 is 1.00 bits per heavy atom. The summed E-state index contributed by atoms with van der Waals surface area (Å²) >= 11 is 0. The number of methoxy groups -OCH3 is 1. The molecule has 9 atom stereocenters. The predicted octanol–water partition coefficient (Wildman–Crippen LogP) is 11.4. The van der Waals surface area contributed by atoms with Crippen LogP contribution in [0.2, 0.25) is 36.3 Å². The third-order valence-electron chi connectivity index (χ3n) is 13.1. The number of rotatable bonds is 21. The third kappa shape index (κ3) is 16.4. The van der Waals surface area contributed by atoms with Crippen molar-refractivity contribution in [2.45, 2.75) is 192 Å². The fraction of sp³-hybridized carbons (Fsp3) is 0.660. The smallest absolute Gasteiger partial charge is 0.381 e. The molecule has 0 saturated carbocycles. The molecule has 0 aliphatic carbocycles. The molecule has 0 radical (unpaired) electrons. The first-order valence-electron chi connectivity index (χ1n) is 22.4. The third-order valence-corrected chi connectivity index (χ3v) is 22.1. The molecule has 0 aromatic heterocycles. The summed E-state index contributed by atoms with van der Waals surface area (Å²) in [4.78, 5) is 10.9. The van der Waals surface area contributed by atoms with Gasteiger partial charge in [-0.15, -0.1) is 0 Å². The summed E-state index contributed by atoms with van der Waals surface area (Å²) in [6.45, 7) is 33.0. The Kier molecular flexibility index (Phi) is 18.5. The van der Waals surface area contributed by atoms with Crippen LogP contribution < -0.4 is 4.74 Å². The van der Waals surface area contributed by atoms with Crippen LogP contribution in [0.15, 0.2) is 72.4 Å². The number of carbonyl (C=O) groups is 1. The van der Waals surface area contributed by atoms with E-state index in [1.165, 1.54) is 5.57 Å². The lowest BCUT2D eigenvalue weighted by molar-refractivity contribution is -0.130. The zero-order valence-electron chi connectivity index (χ0n) is 39.7. The molecule has 3 aliphatic heterocycles. The number of carboxylic acid groups (broad SMARTS) is 1. The van der Waals surface area contributed by atoms with Gasteiger partial charge in [-0.2, -0.15) is 0 Å². The molecule has 0 spiro atoms. The van der Waals surface area contributed by atoms with Crippen LogP contribution in [0, 0.1) is 17.8 Å². The van der Waals surface area contributed by atoms with Gasteiger partial charge in [0.15, 0.2) is 16.6 Å². The van der Waals surface area contributed by atoms with Crippen molar-refractivity contribution >= 4 is 22.6 Å². The van der Waals surface area contributed by atoms with Crippen LogP contribution in [-0.4, -0.2) is 90.3 Å². The van der Waals surface area contributed by atoms with Crippen molar-refractivity contribution in [3.05, 3.63) is 77.9 Å². The van der Waals surface area contributed by atoms with Crippen LogP contribution in [0.25, 0.3) is 0 Å². The molecular weight excluding hydrogens is 801 g/mol. The zero-order valence-corrected chi connectivity index (χ0v) is 41.7. The van der Waals surface area contributed by atoms with E-state index < -0.39 is 22.6 Å². The van der Waals surface area contributed by atoms with Crippen molar-refractivity contribution in [1.82, 2.24) is 0 Å². The van der Waals surface area contributed by atoms with E-state index in [9.17, 15) is 4.79 Å². The van der Waals surface area contributed by atoms with Gasteiger partial charge in [-0.05, 0) is 98.9 Å². The second-order valence-corrected chi connectivity index (χ2v) is 30.1. The highest BCUT2D eigenvalue weighted by Crippen LogP contribution is 2.44. The number of ether oxygens (including phenoxy) is 5. The number of carboxylic acids is 1. The maximum atomic E-state index is 10.9. The Balaban J connectivity index is 1.54. The minimum absolute atomic E-state index is 0.00332. The Bertz CT molecular complexity index is 1740. The maximum absolute atomic E-state index is 10.9. The summed E-state index contributed by atoms with van der Waals surface area (Å²) in [6.07, 6.45) is 14.7. The van der Waals surface area contributed by atoms with E-state index in [2.05, 4.69) is 136 Å². The first-order chi connectivity index (χ1) is 28.5. The van der Waals surface area contributed by atoms with Crippen LogP contribution in [-0.2, 0) is 39.2 Å². The van der Waals surface area contributed by atoms with Crippen LogP contribution in [0.1, 0.15) is 106 Å². The van der Waals surface area contributed by atoms with Crippen molar-refractivity contribution in [2.75, 3.05) is 13.7 Å². The fourth-order valence-electron chi connectivity index (χ4n) is 7.41. The largest absolute Gasteiger partial charge is 0.497 e. The van der Waals surface area contributed by atoms with Crippen LogP contribution in [0.3, 0.4) is 0 Å². The van der Waals surface area contributed by atoms with Gasteiger partial charge in [-0.25, -0.2) is 4.79 Å². The second kappa shape index (κ2) is 22.2. The van der Waals surface area contributed by atoms with Gasteiger partial charge in [0.1, 0.15) is 11.9 Å². The highest BCUT2D eigenvalue weighted by atomic mass is 28.4. The van der Waals surface area contributed by atoms with Gasteiger partial charge < -0.3 is 37.6 Å². The number of aliphatic carboxylic acids is 1. The van der Waals surface area contributed by atoms with Gasteiger partial charge in [0.25, 0.3) is 0 Å². The number of benzene rings is 1. The average molecular weight is 879 g/mol. The highest BCUT2D eigenvalue weighted by Gasteiger charge is 2.51. The van der Waals surface area contributed by atoms with Gasteiger partial charge in [0, 0.05) is 18.8 Å². The Hall–Kier alpha value is -2.80. The minimum atomic E-state index is -2.25. The van der Waals surface area contributed by atoms with Gasteiger partial charge in [0.2, 0.25) is 0 Å². The van der Waals surface area contributed by atoms with E-state index >= 15 is 0 Å². The summed E-state index contributed by atoms with van der Waals surface area (Å²) in [5.74, 6) is 4.94. The molecule has 9 nitrogen and oxygen atoms in total. The Morgan fingerprint density at radius 3 is 2.30 bits per heavy atom. The molecule has 0 bridgehead atoms. The molecule has 11 heteroatoms. The average Bonchev–Trinajstić information content (AvgIpc) is 3.93. The number of hydrogen-bond donors (Lipinski definition) is 1. The van der Waals surface area contributed by atoms with Crippen LogP contribution in [0.5, 0.6) is 5.75 Å². The van der Waals surface area contributed by atoms with Gasteiger partial charge >= 0.3 is 5.97 Å². The van der Waals surface area contributed by atoms with E-state index in [0.29, 0.717) is 38.4 Å². The lowest BCUT2D eigenvalue weighted by Gasteiger charge is -2.41. The Labute approximate surface area is 370 Å². The van der Waals surface area contributed by atoms with Crippen LogP contribution in [0.4, 0.5) is 0 Å². The quantitative estimate of drug-likeness (QED) is 0.0559. The second-order valence-electron chi connectivity index (χ2n) is 20.6. The SMILES string of the molecule is C=C(C[C@H](C)C[C@@H]1CC=C[C@@H](CC#CC(=O)O)O1)C[C@H](O[Si](C)(C)C(C)(C)C)[C@@H]1O[C@H]1C[C@H](OCc1ccc(OC)cc1)[C@H](/C=C/[C@@H]1CC(C)=CCO1)O[Si](C)(C)C(C)(C)C. The summed E-state index contributed by atoms with van der Waals surface area (Å²) in [5, 5.41) is 8.92. The zero-order chi connectivity index (χ0) is 45.2. The molecule has 3 heterocycles. The summed E-state index contributed by atoms with van der Waals surface area (Å²) in [5.41, 5.74) is 3.54. The van der Waals surface area contributed by atoms with Crippen molar-refractivity contribution in [2.24, 2.45) is 5.92 Å². The molecule has 3 aliphatic rings. The molecule has 340 valence electrons. The monoisotopic (exact) mass is 879 g/mol. The first kappa shape index (κ1) is 50.8. The predicted molar refractivity (Wildman–Crippen MR) is 251 cm³/mol. The van der Waals surface area contributed by atoms with Gasteiger partial charge in [-0.1, -0.05) is 115 Å². The van der Waals surface area contributed by atoms with Gasteiger partial charge in [0.05, 0.1) is 63.1 Å². The molecule has 1 fully saturated rings. The van der Waals surface area contributed by atoms with Crippen molar-refractivity contribution in [3.8, 4) is 17.6 Å². The normalized spacial score (nSPS) is 24.3. The summed E-state index contributed by atoms with van der Waals surface area (Å²) in [6, 6.07) is 8.05. The standard InChI is InChI=1S/C50H78O9Si2/c1-35-27-28-54-41(30-35)25-26-43(58-60(11,12)49(4,5)6)44(55-34-38-21-23-39(53-10)24-22-38)33-45-48(57-45)46(59-61(13,14)50(7,8)9)32-37(3)29-36(2)31-42-19-15-17-40(56-42)18-16-20-47(51)52/h15,17,21-27,36,40-46,48H,3,18-19,28-34H2,1-2,4-14H3,(H,51,52)/b26-25+/t36-,40-,41+,42-,43-,44-,45-,46-,48+/m0/s1. The number of hydrogen-bond acceptors (Lipinski definition) is 8. The summed E-state index contributed by atoms with van der Waals surface area (Å²) < 4.78 is 46.0. The van der Waals surface area contributed by atoms with E-state index in [0.717, 1.165) is 42.6 Å². The van der Waals surface area contributed by atoms with E-state index in [1.54, 1.807) is 7.11 Å². The molecule has 1 saturated heterocycles. The fourth-order valence-corrected chi connectivity index (χ4v) is 10.0. The first-order valence-corrected chi connectivity index (χ1v) is 28.2.